The summed E-state index contributed by atoms with van der Waals surface area (Å²) in [5, 5.41) is 3.51. The molecular weight excluding hydrogens is 286 g/mol. The largest absolute Gasteiger partial charge is 0.389 e. The predicted octanol–water partition coefficient (Wildman–Crippen LogP) is 2.76. The molecule has 1 aromatic heterocycles. The van der Waals surface area contributed by atoms with Crippen LogP contribution in [0, 0.1) is 5.92 Å². The summed E-state index contributed by atoms with van der Waals surface area (Å²) in [4.78, 5) is 5.23. The van der Waals surface area contributed by atoms with Crippen LogP contribution in [0.25, 0.3) is 0 Å². The van der Waals surface area contributed by atoms with Crippen LogP contribution in [0.3, 0.4) is 0 Å². The Balaban J connectivity index is 1.75. The van der Waals surface area contributed by atoms with Gasteiger partial charge in [-0.2, -0.15) is 11.8 Å². The quantitative estimate of drug-likeness (QED) is 0.838. The molecule has 5 heteroatoms. The number of nitrogens with two attached hydrogens (primary N) is 1. The second kappa shape index (κ2) is 6.31. The van der Waals surface area contributed by atoms with Crippen LogP contribution in [-0.4, -0.2) is 28.0 Å². The molecule has 1 aliphatic carbocycles. The monoisotopic (exact) mass is 307 g/mol. The summed E-state index contributed by atoms with van der Waals surface area (Å²) in [7, 11) is 0. The van der Waals surface area contributed by atoms with Crippen LogP contribution in [0.15, 0.2) is 6.07 Å². The molecule has 1 aromatic rings. The van der Waals surface area contributed by atoms with E-state index in [1.165, 1.54) is 42.0 Å². The highest BCUT2D eigenvalue weighted by Gasteiger charge is 2.19. The van der Waals surface area contributed by atoms with Crippen LogP contribution in [0.2, 0.25) is 0 Å². The minimum Gasteiger partial charge on any atom is -0.389 e. The predicted molar refractivity (Wildman–Crippen MR) is 90.7 cm³/mol. The highest BCUT2D eigenvalue weighted by molar-refractivity contribution is 7.99. The average molecular weight is 307 g/mol. The van der Waals surface area contributed by atoms with E-state index in [-0.39, 0.29) is 0 Å². The van der Waals surface area contributed by atoms with Crippen molar-refractivity contribution < 1.29 is 0 Å². The number of hydrogen-bond donors (Lipinski definition) is 2. The lowest BCUT2D eigenvalue weighted by molar-refractivity contribution is 0.515. The van der Waals surface area contributed by atoms with Crippen molar-refractivity contribution in [1.82, 2.24) is 4.98 Å². The van der Waals surface area contributed by atoms with Crippen molar-refractivity contribution in [1.29, 1.82) is 0 Å². The molecule has 1 fully saturated rings. The maximum atomic E-state index is 5.87. The fourth-order valence-corrected chi connectivity index (χ4v) is 4.35. The molecule has 3 rings (SSSR count). The van der Waals surface area contributed by atoms with E-state index in [9.17, 15) is 0 Å². The van der Waals surface area contributed by atoms with Gasteiger partial charge in [-0.25, -0.2) is 4.98 Å². The summed E-state index contributed by atoms with van der Waals surface area (Å²) >= 11 is 7.25. The molecule has 0 spiro atoms. The molecule has 1 aliphatic heterocycles. The van der Waals surface area contributed by atoms with Crippen molar-refractivity contribution >= 4 is 34.8 Å². The van der Waals surface area contributed by atoms with Crippen molar-refractivity contribution in [2.75, 3.05) is 23.4 Å². The number of nitrogens with one attached hydrogen (secondary N) is 1. The highest BCUT2D eigenvalue weighted by Crippen LogP contribution is 2.27. The van der Waals surface area contributed by atoms with Gasteiger partial charge in [-0.3, -0.25) is 0 Å². The molecule has 0 bridgehead atoms. The molecule has 3 nitrogen and oxygen atoms in total. The van der Waals surface area contributed by atoms with Gasteiger partial charge in [0.15, 0.2) is 0 Å². The summed E-state index contributed by atoms with van der Waals surface area (Å²) in [6.45, 7) is 0.988. The van der Waals surface area contributed by atoms with Gasteiger partial charge in [-0.1, -0.05) is 12.2 Å². The second-order valence-corrected chi connectivity index (χ2v) is 7.31. The minimum atomic E-state index is 0.453. The van der Waals surface area contributed by atoms with Crippen LogP contribution < -0.4 is 11.1 Å². The zero-order valence-electron chi connectivity index (χ0n) is 11.7. The van der Waals surface area contributed by atoms with Crippen LogP contribution >= 0.6 is 24.0 Å². The highest BCUT2D eigenvalue weighted by atomic mass is 32.2. The molecular formula is C15H21N3S2. The maximum Gasteiger partial charge on any atom is 0.136 e. The Morgan fingerprint density at radius 3 is 2.95 bits per heavy atom. The van der Waals surface area contributed by atoms with E-state index < -0.39 is 0 Å². The third-order valence-electron chi connectivity index (χ3n) is 4.22. The van der Waals surface area contributed by atoms with Crippen molar-refractivity contribution in [2.24, 2.45) is 11.7 Å². The number of fused-ring (bicyclic) bond motifs is 1. The van der Waals surface area contributed by atoms with E-state index in [1.54, 1.807) is 0 Å². The smallest absolute Gasteiger partial charge is 0.136 e. The van der Waals surface area contributed by atoms with Gasteiger partial charge in [0.25, 0.3) is 0 Å². The molecule has 1 saturated heterocycles. The lowest BCUT2D eigenvalue weighted by Crippen LogP contribution is -2.22. The number of thiocarbonyl (C=S) groups is 1. The van der Waals surface area contributed by atoms with E-state index in [1.807, 2.05) is 0 Å². The van der Waals surface area contributed by atoms with Gasteiger partial charge in [-0.15, -0.1) is 0 Å². The number of pyridine rings is 1. The van der Waals surface area contributed by atoms with Crippen molar-refractivity contribution in [2.45, 2.75) is 32.1 Å². The molecule has 2 heterocycles. The number of rotatable bonds is 4. The molecule has 108 valence electrons. The van der Waals surface area contributed by atoms with E-state index in [0.29, 0.717) is 4.99 Å². The zero-order valence-corrected chi connectivity index (χ0v) is 13.3. The van der Waals surface area contributed by atoms with Crippen LogP contribution in [0.5, 0.6) is 0 Å². The van der Waals surface area contributed by atoms with Gasteiger partial charge < -0.3 is 11.1 Å². The van der Waals surface area contributed by atoms with Crippen molar-refractivity contribution in [3.63, 3.8) is 0 Å². The Kier molecular flexibility index (Phi) is 4.46. The number of thioether (sulfide) groups is 1. The van der Waals surface area contributed by atoms with E-state index in [2.05, 4.69) is 23.1 Å². The van der Waals surface area contributed by atoms with Crippen LogP contribution in [-0.2, 0) is 12.8 Å². The third kappa shape index (κ3) is 3.09. The fourth-order valence-electron chi connectivity index (χ4n) is 2.99. The fraction of sp³-hybridized carbons (Fsp3) is 0.600. The summed E-state index contributed by atoms with van der Waals surface area (Å²) < 4.78 is 0. The molecule has 0 radical (unpaired) electrons. The van der Waals surface area contributed by atoms with Gasteiger partial charge in [-0.05, 0) is 61.2 Å². The Hall–Kier alpha value is -0.810. The summed E-state index contributed by atoms with van der Waals surface area (Å²) in [5.41, 5.74) is 9.34. The standard InChI is InChI=1S/C15H21N3S2/c16-14(19)12-8-11-2-1-3-13(11)18-15(12)17-9-10-4-6-20-7-5-10/h8,10H,1-7,9H2,(H2,16,19)(H,17,18). The van der Waals surface area contributed by atoms with Gasteiger partial charge in [0.1, 0.15) is 10.8 Å². The third-order valence-corrected chi connectivity index (χ3v) is 5.48. The normalized spacial score (nSPS) is 18.8. The number of nitrogens with zero attached hydrogens (tertiary/aromatic N) is 1. The van der Waals surface area contributed by atoms with Gasteiger partial charge in [0, 0.05) is 12.2 Å². The molecule has 2 aliphatic rings. The van der Waals surface area contributed by atoms with Crippen LogP contribution in [0.4, 0.5) is 5.82 Å². The Labute approximate surface area is 130 Å². The molecule has 3 N–H and O–H groups in total. The average Bonchev–Trinajstić information content (AvgIpc) is 2.92. The first-order chi connectivity index (χ1) is 9.74. The SMILES string of the molecule is NC(=S)c1cc2c(nc1NCC1CCSCC1)CCC2. The molecule has 0 amide bonds. The summed E-state index contributed by atoms with van der Waals surface area (Å²) in [6.07, 6.45) is 5.98. The van der Waals surface area contributed by atoms with E-state index >= 15 is 0 Å². The number of anilines is 1. The van der Waals surface area contributed by atoms with Gasteiger partial charge in [0.05, 0.1) is 5.56 Å². The molecule has 0 aromatic carbocycles. The summed E-state index contributed by atoms with van der Waals surface area (Å²) in [5.74, 6) is 4.22. The van der Waals surface area contributed by atoms with Crippen LogP contribution in [0.1, 0.15) is 36.1 Å². The van der Waals surface area contributed by atoms with Gasteiger partial charge in [0.2, 0.25) is 0 Å². The Morgan fingerprint density at radius 2 is 2.20 bits per heavy atom. The minimum absolute atomic E-state index is 0.453. The summed E-state index contributed by atoms with van der Waals surface area (Å²) in [6, 6.07) is 2.15. The van der Waals surface area contributed by atoms with Gasteiger partial charge >= 0.3 is 0 Å². The Bertz CT molecular complexity index is 510. The maximum absolute atomic E-state index is 5.87. The number of aryl methyl sites for hydroxylation is 2. The van der Waals surface area contributed by atoms with E-state index in [0.717, 1.165) is 36.7 Å². The molecule has 0 atom stereocenters. The van der Waals surface area contributed by atoms with Crippen molar-refractivity contribution in [3.8, 4) is 0 Å². The van der Waals surface area contributed by atoms with E-state index in [4.69, 9.17) is 22.9 Å². The second-order valence-electron chi connectivity index (χ2n) is 5.64. The lowest BCUT2D eigenvalue weighted by Gasteiger charge is -2.22. The Morgan fingerprint density at radius 1 is 1.40 bits per heavy atom. The lowest BCUT2D eigenvalue weighted by atomic mass is 10.0. The zero-order chi connectivity index (χ0) is 13.9. The first-order valence-corrected chi connectivity index (χ1v) is 8.94. The molecule has 20 heavy (non-hydrogen) atoms. The first-order valence-electron chi connectivity index (χ1n) is 7.38. The number of aromatic nitrogens is 1. The molecule has 0 saturated carbocycles. The topological polar surface area (TPSA) is 50.9 Å². The van der Waals surface area contributed by atoms with Crippen molar-refractivity contribution in [3.05, 3.63) is 22.9 Å². The molecule has 0 unspecified atom stereocenters. The first kappa shape index (κ1) is 14.1. The number of hydrogen-bond acceptors (Lipinski definition) is 4.